The van der Waals surface area contributed by atoms with E-state index < -0.39 is 0 Å². The van der Waals surface area contributed by atoms with Crippen molar-refractivity contribution in [3.8, 4) is 0 Å². The first-order valence-corrected chi connectivity index (χ1v) is 6.70. The molecule has 3 heterocycles. The fourth-order valence-corrected chi connectivity index (χ4v) is 2.88. The number of hydrogen-bond acceptors (Lipinski definition) is 4. The van der Waals surface area contributed by atoms with Crippen LogP contribution in [0.5, 0.6) is 0 Å². The summed E-state index contributed by atoms with van der Waals surface area (Å²) < 4.78 is 5.72. The number of carbonyl (C=O) groups is 1. The molecule has 0 atom stereocenters. The molecule has 0 fully saturated rings. The Kier molecular flexibility index (Phi) is 2.65. The Morgan fingerprint density at radius 1 is 1.50 bits per heavy atom. The fourth-order valence-electron chi connectivity index (χ4n) is 1.91. The zero-order valence-corrected chi connectivity index (χ0v) is 11.2. The molecule has 0 unspecified atom stereocenters. The van der Waals surface area contributed by atoms with Crippen molar-refractivity contribution in [3.05, 3.63) is 49.9 Å². The van der Waals surface area contributed by atoms with Crippen LogP contribution in [0.1, 0.15) is 27.2 Å². The summed E-state index contributed by atoms with van der Waals surface area (Å²) in [6.07, 6.45) is 1.86. The van der Waals surface area contributed by atoms with E-state index in [9.17, 15) is 4.79 Å². The van der Waals surface area contributed by atoms with Gasteiger partial charge in [0.1, 0.15) is 16.0 Å². The van der Waals surface area contributed by atoms with E-state index in [4.69, 9.17) is 17.0 Å². The van der Waals surface area contributed by atoms with Crippen molar-refractivity contribution in [2.24, 2.45) is 0 Å². The van der Waals surface area contributed by atoms with Crippen LogP contribution in [0, 0.1) is 11.6 Å². The zero-order valence-electron chi connectivity index (χ0n) is 9.52. The molecule has 0 radical (unpaired) electrons. The number of aromatic nitrogens is 1. The number of carbonyl (C=O) groups excluding carboxylic acids is 1. The second kappa shape index (κ2) is 4.19. The third kappa shape index (κ3) is 1.81. The Labute approximate surface area is 113 Å². The van der Waals surface area contributed by atoms with Crippen molar-refractivity contribution in [2.45, 2.75) is 6.92 Å². The van der Waals surface area contributed by atoms with Crippen molar-refractivity contribution in [1.82, 2.24) is 4.98 Å². The number of hydrogen-bond donors (Lipinski definition) is 1. The van der Waals surface area contributed by atoms with Crippen molar-refractivity contribution in [2.75, 3.05) is 0 Å². The summed E-state index contributed by atoms with van der Waals surface area (Å²) in [7, 11) is 0. The molecule has 5 heteroatoms. The maximum absolute atomic E-state index is 11.8. The van der Waals surface area contributed by atoms with Crippen LogP contribution >= 0.6 is 23.6 Å². The van der Waals surface area contributed by atoms with Crippen LogP contribution < -0.4 is 0 Å². The molecule has 0 amide bonds. The summed E-state index contributed by atoms with van der Waals surface area (Å²) in [5, 5.41) is 3.97. The van der Waals surface area contributed by atoms with Gasteiger partial charge >= 0.3 is 5.97 Å². The first-order chi connectivity index (χ1) is 8.65. The van der Waals surface area contributed by atoms with E-state index in [1.54, 1.807) is 11.3 Å². The SMILES string of the molecule is Cc1cc2c(c(=S)[nH]1)C(=O)O/C2=C\c1ccsc1. The van der Waals surface area contributed by atoms with Gasteiger partial charge in [0.05, 0.1) is 0 Å². The first-order valence-electron chi connectivity index (χ1n) is 5.35. The van der Waals surface area contributed by atoms with Gasteiger partial charge < -0.3 is 9.72 Å². The molecular formula is C13H9NO2S2. The molecule has 90 valence electrons. The van der Waals surface area contributed by atoms with Crippen LogP contribution in [0.25, 0.3) is 11.8 Å². The third-order valence-corrected chi connectivity index (χ3v) is 3.69. The zero-order chi connectivity index (χ0) is 12.7. The molecule has 1 aliphatic heterocycles. The minimum absolute atomic E-state index is 0.382. The normalized spacial score (nSPS) is 15.8. The Morgan fingerprint density at radius 2 is 2.33 bits per heavy atom. The number of fused-ring (bicyclic) bond motifs is 1. The van der Waals surface area contributed by atoms with E-state index in [-0.39, 0.29) is 5.97 Å². The third-order valence-electron chi connectivity index (χ3n) is 2.68. The fraction of sp³-hybridized carbons (Fsp3) is 0.0769. The topological polar surface area (TPSA) is 42.1 Å². The van der Waals surface area contributed by atoms with E-state index in [0.29, 0.717) is 16.0 Å². The van der Waals surface area contributed by atoms with E-state index in [1.165, 1.54) is 0 Å². The predicted molar refractivity (Wildman–Crippen MR) is 74.0 cm³/mol. The lowest BCUT2D eigenvalue weighted by molar-refractivity contribution is 0.0716. The van der Waals surface area contributed by atoms with E-state index >= 15 is 0 Å². The lowest BCUT2D eigenvalue weighted by atomic mass is 10.1. The molecular weight excluding hydrogens is 266 g/mol. The highest BCUT2D eigenvalue weighted by atomic mass is 32.1. The van der Waals surface area contributed by atoms with Crippen molar-refractivity contribution in [1.29, 1.82) is 0 Å². The van der Waals surface area contributed by atoms with Gasteiger partial charge in [0.2, 0.25) is 0 Å². The molecule has 2 aromatic rings. The standard InChI is InChI=1S/C13H9NO2S2/c1-7-4-9-10(5-8-2-3-18-6-8)16-13(15)11(9)12(17)14-7/h2-6H,1H3,(H,14,17)/b10-5-. The van der Waals surface area contributed by atoms with E-state index in [2.05, 4.69) is 4.98 Å². The summed E-state index contributed by atoms with van der Waals surface area (Å²) >= 11 is 6.76. The molecule has 3 nitrogen and oxygen atoms in total. The number of aromatic amines is 1. The molecule has 0 aromatic carbocycles. The number of pyridine rings is 1. The first kappa shape index (κ1) is 11.4. The maximum Gasteiger partial charge on any atom is 0.347 e. The molecule has 0 saturated heterocycles. The van der Waals surface area contributed by atoms with Crippen LogP contribution in [0.2, 0.25) is 0 Å². The Morgan fingerprint density at radius 3 is 3.06 bits per heavy atom. The number of nitrogens with one attached hydrogen (secondary N) is 1. The minimum atomic E-state index is -0.382. The van der Waals surface area contributed by atoms with Gasteiger partial charge in [-0.05, 0) is 41.5 Å². The second-order valence-corrected chi connectivity index (χ2v) is 5.21. The summed E-state index contributed by atoms with van der Waals surface area (Å²) in [4.78, 5) is 14.8. The van der Waals surface area contributed by atoms with Crippen molar-refractivity contribution in [3.63, 3.8) is 0 Å². The van der Waals surface area contributed by atoms with Crippen LogP contribution in [-0.2, 0) is 4.74 Å². The Balaban J connectivity index is 2.20. The molecule has 0 spiro atoms. The molecule has 1 N–H and O–H groups in total. The molecule has 0 bridgehead atoms. The smallest absolute Gasteiger partial charge is 0.347 e. The average molecular weight is 275 g/mol. The molecule has 3 rings (SSSR count). The quantitative estimate of drug-likeness (QED) is 0.636. The number of ether oxygens (including phenoxy) is 1. The predicted octanol–water partition coefficient (Wildman–Crippen LogP) is 3.78. The van der Waals surface area contributed by atoms with E-state index in [0.717, 1.165) is 16.8 Å². The van der Waals surface area contributed by atoms with Gasteiger partial charge in [0, 0.05) is 11.3 Å². The highest BCUT2D eigenvalue weighted by molar-refractivity contribution is 7.71. The molecule has 0 saturated carbocycles. The number of thiophene rings is 1. The summed E-state index contributed by atoms with van der Waals surface area (Å²) in [5.41, 5.74) is 3.16. The largest absolute Gasteiger partial charge is 0.422 e. The Bertz CT molecular complexity index is 711. The number of esters is 1. The minimum Gasteiger partial charge on any atom is -0.422 e. The van der Waals surface area contributed by atoms with E-state index in [1.807, 2.05) is 35.9 Å². The highest BCUT2D eigenvalue weighted by Gasteiger charge is 2.28. The average Bonchev–Trinajstić information content (AvgIpc) is 2.88. The van der Waals surface area contributed by atoms with Crippen LogP contribution in [-0.4, -0.2) is 11.0 Å². The Hall–Kier alpha value is -1.72. The number of rotatable bonds is 1. The van der Waals surface area contributed by atoms with Gasteiger partial charge in [-0.2, -0.15) is 11.3 Å². The monoisotopic (exact) mass is 275 g/mol. The van der Waals surface area contributed by atoms with Crippen LogP contribution in [0.3, 0.4) is 0 Å². The molecule has 0 aliphatic carbocycles. The van der Waals surface area contributed by atoms with Gasteiger partial charge in [-0.1, -0.05) is 12.2 Å². The van der Waals surface area contributed by atoms with Crippen molar-refractivity contribution < 1.29 is 9.53 Å². The van der Waals surface area contributed by atoms with Crippen LogP contribution in [0.15, 0.2) is 22.9 Å². The summed E-state index contributed by atoms with van der Waals surface area (Å²) in [6.45, 7) is 1.90. The number of cyclic esters (lactones) is 1. The number of aryl methyl sites for hydroxylation is 1. The molecule has 18 heavy (non-hydrogen) atoms. The summed E-state index contributed by atoms with van der Waals surface area (Å²) in [5.74, 6) is 0.185. The van der Waals surface area contributed by atoms with Gasteiger partial charge in [0.15, 0.2) is 0 Å². The van der Waals surface area contributed by atoms with Gasteiger partial charge in [-0.3, -0.25) is 0 Å². The molecule has 2 aromatic heterocycles. The van der Waals surface area contributed by atoms with Gasteiger partial charge in [-0.15, -0.1) is 0 Å². The highest BCUT2D eigenvalue weighted by Crippen LogP contribution is 2.32. The lowest BCUT2D eigenvalue weighted by Crippen LogP contribution is -1.97. The van der Waals surface area contributed by atoms with Crippen molar-refractivity contribution >= 4 is 41.4 Å². The number of H-pyrrole nitrogens is 1. The van der Waals surface area contributed by atoms with Gasteiger partial charge in [-0.25, -0.2) is 4.79 Å². The maximum atomic E-state index is 11.8. The molecule has 1 aliphatic rings. The second-order valence-electron chi connectivity index (χ2n) is 4.02. The van der Waals surface area contributed by atoms with Gasteiger partial charge in [0.25, 0.3) is 0 Å². The summed E-state index contributed by atoms with van der Waals surface area (Å²) in [6, 6.07) is 3.86. The van der Waals surface area contributed by atoms with Crippen LogP contribution in [0.4, 0.5) is 0 Å². The lowest BCUT2D eigenvalue weighted by Gasteiger charge is -1.99.